The quantitative estimate of drug-likeness (QED) is 0.570. The summed E-state index contributed by atoms with van der Waals surface area (Å²) >= 11 is 0. The van der Waals surface area contributed by atoms with E-state index < -0.39 is 17.9 Å². The smallest absolute Gasteiger partial charge is 0.372 e. The Morgan fingerprint density at radius 1 is 1.36 bits per heavy atom. The third kappa shape index (κ3) is 3.72. The number of carboxylic acids is 1. The van der Waals surface area contributed by atoms with Crippen LogP contribution in [0.4, 0.5) is 0 Å². The van der Waals surface area contributed by atoms with Gasteiger partial charge in [-0.1, -0.05) is 13.8 Å². The van der Waals surface area contributed by atoms with Crippen LogP contribution in [-0.2, 0) is 9.59 Å². The summed E-state index contributed by atoms with van der Waals surface area (Å²) in [4.78, 5) is 20.5. The first-order valence-corrected chi connectivity index (χ1v) is 3.39. The Morgan fingerprint density at radius 3 is 2.09 bits per heavy atom. The average molecular weight is 160 g/mol. The Bertz CT molecular complexity index is 162. The lowest BCUT2D eigenvalue weighted by Gasteiger charge is -2.11. The van der Waals surface area contributed by atoms with Gasteiger partial charge >= 0.3 is 5.97 Å². The molecule has 0 aromatic rings. The van der Waals surface area contributed by atoms with Crippen LogP contribution in [0.3, 0.4) is 0 Å². The van der Waals surface area contributed by atoms with Gasteiger partial charge in [-0.05, 0) is 5.92 Å². The third-order valence-corrected chi connectivity index (χ3v) is 1.40. The number of carbonyl (C=O) groups is 2. The normalized spacial score (nSPS) is 13.1. The van der Waals surface area contributed by atoms with Crippen molar-refractivity contribution in [3.63, 3.8) is 0 Å². The van der Waals surface area contributed by atoms with Crippen molar-refractivity contribution in [2.45, 2.75) is 26.4 Å². The molecule has 1 unspecified atom stereocenters. The molecule has 0 spiro atoms. The maximum absolute atomic E-state index is 10.5. The van der Waals surface area contributed by atoms with Crippen LogP contribution in [0.1, 0.15) is 20.3 Å². The highest BCUT2D eigenvalue weighted by Crippen LogP contribution is 2.05. The molecule has 0 bridgehead atoms. The molecule has 0 aliphatic rings. The molecule has 0 saturated heterocycles. The van der Waals surface area contributed by atoms with Crippen LogP contribution in [0.2, 0.25) is 0 Å². The van der Waals surface area contributed by atoms with Gasteiger partial charge in [-0.25, -0.2) is 4.79 Å². The van der Waals surface area contributed by atoms with E-state index in [1.54, 1.807) is 13.8 Å². The fourth-order valence-electron chi connectivity index (χ4n) is 0.513. The van der Waals surface area contributed by atoms with E-state index in [1.807, 2.05) is 0 Å². The summed E-state index contributed by atoms with van der Waals surface area (Å²) in [6, 6.07) is 0. The molecule has 4 nitrogen and oxygen atoms in total. The minimum absolute atomic E-state index is 0.0849. The van der Waals surface area contributed by atoms with E-state index in [0.29, 0.717) is 0 Å². The van der Waals surface area contributed by atoms with Crippen molar-refractivity contribution in [1.82, 2.24) is 0 Å². The van der Waals surface area contributed by atoms with Crippen molar-refractivity contribution < 1.29 is 19.8 Å². The summed E-state index contributed by atoms with van der Waals surface area (Å²) in [6.07, 6.45) is -1.15. The maximum atomic E-state index is 10.5. The first-order valence-electron chi connectivity index (χ1n) is 3.39. The Kier molecular flexibility index (Phi) is 3.74. The number of ketones is 1. The maximum Gasteiger partial charge on any atom is 0.372 e. The summed E-state index contributed by atoms with van der Waals surface area (Å²) in [5.74, 6) is -2.51. The Balaban J connectivity index is 3.85. The zero-order valence-electron chi connectivity index (χ0n) is 6.57. The molecule has 0 heterocycles. The summed E-state index contributed by atoms with van der Waals surface area (Å²) in [5, 5.41) is 17.2. The van der Waals surface area contributed by atoms with Gasteiger partial charge in [0.25, 0.3) is 0 Å². The molecule has 2 N–H and O–H groups in total. The predicted octanol–water partition coefficient (Wildman–Crippen LogP) is 0.0471. The van der Waals surface area contributed by atoms with Crippen molar-refractivity contribution in [1.29, 1.82) is 0 Å². The molecule has 11 heavy (non-hydrogen) atoms. The first-order chi connectivity index (χ1) is 4.95. The highest BCUT2D eigenvalue weighted by atomic mass is 16.4. The Labute approximate surface area is 64.8 Å². The minimum atomic E-state index is -1.48. The minimum Gasteiger partial charge on any atom is -0.475 e. The van der Waals surface area contributed by atoms with Crippen molar-refractivity contribution in [3.8, 4) is 0 Å². The second-order valence-electron chi connectivity index (χ2n) is 2.74. The van der Waals surface area contributed by atoms with Gasteiger partial charge in [-0.2, -0.15) is 0 Å². The van der Waals surface area contributed by atoms with E-state index in [9.17, 15) is 9.59 Å². The lowest BCUT2D eigenvalue weighted by Crippen LogP contribution is -2.23. The summed E-state index contributed by atoms with van der Waals surface area (Å²) in [6.45, 7) is 3.44. The second-order valence-corrected chi connectivity index (χ2v) is 2.74. The number of carbonyl (C=O) groups excluding carboxylic acids is 1. The van der Waals surface area contributed by atoms with Crippen LogP contribution < -0.4 is 0 Å². The molecule has 4 heteroatoms. The molecule has 0 aromatic heterocycles. The molecule has 0 amide bonds. The third-order valence-electron chi connectivity index (χ3n) is 1.40. The van der Waals surface area contributed by atoms with Crippen LogP contribution in [-0.4, -0.2) is 28.1 Å². The molecule has 0 aliphatic heterocycles. The van der Waals surface area contributed by atoms with Crippen LogP contribution >= 0.6 is 0 Å². The number of hydrogen-bond acceptors (Lipinski definition) is 3. The van der Waals surface area contributed by atoms with Gasteiger partial charge in [0.1, 0.15) is 0 Å². The van der Waals surface area contributed by atoms with E-state index in [0.717, 1.165) is 0 Å². The zero-order chi connectivity index (χ0) is 9.02. The molecule has 0 aliphatic carbocycles. The molecule has 64 valence electrons. The second kappa shape index (κ2) is 4.08. The van der Waals surface area contributed by atoms with E-state index in [2.05, 4.69) is 0 Å². The summed E-state index contributed by atoms with van der Waals surface area (Å²) < 4.78 is 0. The SMILES string of the molecule is CC(C)C(O)CC(=O)C(=O)O. The van der Waals surface area contributed by atoms with Crippen molar-refractivity contribution in [3.05, 3.63) is 0 Å². The largest absolute Gasteiger partial charge is 0.475 e. The molecular weight excluding hydrogens is 148 g/mol. The summed E-state index contributed by atoms with van der Waals surface area (Å²) in [7, 11) is 0. The van der Waals surface area contributed by atoms with Gasteiger partial charge in [-0.3, -0.25) is 4.79 Å². The van der Waals surface area contributed by atoms with Gasteiger partial charge in [-0.15, -0.1) is 0 Å². The number of Topliss-reactive ketones (excluding diaryl/α,β-unsaturated/α-hetero) is 1. The van der Waals surface area contributed by atoms with Gasteiger partial charge in [0.2, 0.25) is 5.78 Å². The highest BCUT2D eigenvalue weighted by Gasteiger charge is 2.18. The van der Waals surface area contributed by atoms with E-state index >= 15 is 0 Å². The molecule has 0 aromatic carbocycles. The first kappa shape index (κ1) is 10.1. The number of aliphatic hydroxyl groups excluding tert-OH is 1. The topological polar surface area (TPSA) is 74.6 Å². The van der Waals surface area contributed by atoms with Gasteiger partial charge in [0.15, 0.2) is 0 Å². The van der Waals surface area contributed by atoms with Gasteiger partial charge in [0.05, 0.1) is 6.10 Å². The molecule has 0 rings (SSSR count). The van der Waals surface area contributed by atoms with Gasteiger partial charge in [0, 0.05) is 6.42 Å². The Morgan fingerprint density at radius 2 is 1.82 bits per heavy atom. The molecule has 1 atom stereocenters. The van der Waals surface area contributed by atoms with E-state index in [1.165, 1.54) is 0 Å². The fourth-order valence-corrected chi connectivity index (χ4v) is 0.513. The summed E-state index contributed by atoms with van der Waals surface area (Å²) in [5.41, 5.74) is 0. The average Bonchev–Trinajstić information content (AvgIpc) is 1.87. The Hall–Kier alpha value is -0.900. The van der Waals surface area contributed by atoms with E-state index in [-0.39, 0.29) is 12.3 Å². The zero-order valence-corrected chi connectivity index (χ0v) is 6.57. The highest BCUT2D eigenvalue weighted by molar-refractivity contribution is 6.32. The lowest BCUT2D eigenvalue weighted by molar-refractivity contribution is -0.150. The standard InChI is InChI=1S/C7H12O4/c1-4(2)5(8)3-6(9)7(10)11/h4-5,8H,3H2,1-2H3,(H,10,11). The monoisotopic (exact) mass is 160 g/mol. The van der Waals surface area contributed by atoms with Crippen molar-refractivity contribution >= 4 is 11.8 Å². The van der Waals surface area contributed by atoms with Crippen LogP contribution in [0.15, 0.2) is 0 Å². The fraction of sp³-hybridized carbons (Fsp3) is 0.714. The number of rotatable bonds is 4. The number of carboxylic acid groups (broad SMARTS) is 1. The molecule has 0 radical (unpaired) electrons. The van der Waals surface area contributed by atoms with Crippen LogP contribution in [0, 0.1) is 5.92 Å². The van der Waals surface area contributed by atoms with Gasteiger partial charge < -0.3 is 10.2 Å². The molecule has 0 fully saturated rings. The number of aliphatic hydroxyl groups is 1. The van der Waals surface area contributed by atoms with Crippen LogP contribution in [0.5, 0.6) is 0 Å². The lowest BCUT2D eigenvalue weighted by atomic mass is 10.0. The molecular formula is C7H12O4. The van der Waals surface area contributed by atoms with Crippen molar-refractivity contribution in [2.24, 2.45) is 5.92 Å². The van der Waals surface area contributed by atoms with E-state index in [4.69, 9.17) is 10.2 Å². The number of aliphatic carboxylic acids is 1. The predicted molar refractivity (Wildman–Crippen MR) is 38.1 cm³/mol. The van der Waals surface area contributed by atoms with Crippen LogP contribution in [0.25, 0.3) is 0 Å². The molecule has 0 saturated carbocycles. The van der Waals surface area contributed by atoms with Crippen molar-refractivity contribution in [2.75, 3.05) is 0 Å². The number of hydrogen-bond donors (Lipinski definition) is 2.